The second-order valence-electron chi connectivity index (χ2n) is 5.53. The molecule has 2 aromatic rings. The molecule has 4 rings (SSSR count). The first-order chi connectivity index (χ1) is 11.9. The summed E-state index contributed by atoms with van der Waals surface area (Å²) in [4.78, 5) is 0. The molecule has 0 aliphatic carbocycles. The van der Waals surface area contributed by atoms with Gasteiger partial charge in [0.15, 0.2) is 11.5 Å². The van der Waals surface area contributed by atoms with Gasteiger partial charge in [-0.1, -0.05) is 30.3 Å². The van der Waals surface area contributed by atoms with Crippen LogP contribution >= 0.6 is 23.5 Å². The van der Waals surface area contributed by atoms with Gasteiger partial charge in [-0.3, -0.25) is 0 Å². The Morgan fingerprint density at radius 2 is 1.75 bits per heavy atom. The topological polar surface area (TPSA) is 27.7 Å². The first-order valence-corrected chi connectivity index (χ1v) is 9.93. The average Bonchev–Trinajstić information content (AvgIpc) is 3.09. The maximum Gasteiger partial charge on any atom is 0.231 e. The predicted molar refractivity (Wildman–Crippen MR) is 101 cm³/mol. The van der Waals surface area contributed by atoms with Crippen molar-refractivity contribution in [2.45, 2.75) is 13.0 Å². The van der Waals surface area contributed by atoms with Crippen LogP contribution < -0.4 is 14.2 Å². The maximum atomic E-state index is 6.09. The lowest BCUT2D eigenvalue weighted by molar-refractivity contribution is 0.173. The second-order valence-corrected chi connectivity index (χ2v) is 8.06. The fourth-order valence-electron chi connectivity index (χ4n) is 2.57. The molecule has 0 aromatic heterocycles. The van der Waals surface area contributed by atoms with E-state index in [0.717, 1.165) is 28.4 Å². The van der Waals surface area contributed by atoms with Crippen LogP contribution in [0.15, 0.2) is 46.7 Å². The fraction of sp³-hybridized carbons (Fsp3) is 0.263. The Balaban J connectivity index is 1.61. The van der Waals surface area contributed by atoms with Crippen molar-refractivity contribution in [1.82, 2.24) is 0 Å². The molecular weight excluding hydrogens is 340 g/mol. The molecular formula is C19H18O3S2. The zero-order chi connectivity index (χ0) is 16.2. The van der Waals surface area contributed by atoms with Crippen molar-refractivity contribution < 1.29 is 14.2 Å². The third-order valence-electron chi connectivity index (χ3n) is 3.79. The predicted octanol–water partition coefficient (Wildman–Crippen LogP) is 5.16. The maximum absolute atomic E-state index is 6.09. The van der Waals surface area contributed by atoms with Crippen LogP contribution in [0.4, 0.5) is 0 Å². The highest BCUT2D eigenvalue weighted by Gasteiger charge is 2.18. The van der Waals surface area contributed by atoms with Crippen molar-refractivity contribution in [3.05, 3.63) is 57.8 Å². The van der Waals surface area contributed by atoms with E-state index in [9.17, 15) is 0 Å². The highest BCUT2D eigenvalue weighted by Crippen LogP contribution is 2.42. The summed E-state index contributed by atoms with van der Waals surface area (Å²) in [6.45, 7) is 0.813. The van der Waals surface area contributed by atoms with Crippen molar-refractivity contribution in [2.24, 2.45) is 0 Å². The van der Waals surface area contributed by atoms with E-state index in [2.05, 4.69) is 18.2 Å². The van der Waals surface area contributed by atoms with Gasteiger partial charge in [0.2, 0.25) is 6.79 Å². The molecule has 0 amide bonds. The minimum absolute atomic E-state index is 0.275. The second kappa shape index (κ2) is 7.45. The van der Waals surface area contributed by atoms with E-state index in [1.165, 1.54) is 22.2 Å². The molecule has 2 aliphatic heterocycles. The average molecular weight is 358 g/mol. The molecule has 1 saturated heterocycles. The van der Waals surface area contributed by atoms with Gasteiger partial charge in [-0.15, -0.1) is 23.5 Å². The number of hydrogen-bond acceptors (Lipinski definition) is 5. The quantitative estimate of drug-likeness (QED) is 0.752. The van der Waals surface area contributed by atoms with Crippen LogP contribution in [-0.4, -0.2) is 18.3 Å². The Hall–Kier alpha value is -1.72. The van der Waals surface area contributed by atoms with E-state index in [-0.39, 0.29) is 6.79 Å². The van der Waals surface area contributed by atoms with Crippen LogP contribution in [0.25, 0.3) is 6.08 Å². The molecule has 3 nitrogen and oxygen atoms in total. The lowest BCUT2D eigenvalue weighted by atomic mass is 10.1. The van der Waals surface area contributed by atoms with Crippen molar-refractivity contribution in [3.8, 4) is 17.2 Å². The molecule has 0 unspecified atom stereocenters. The Bertz CT molecular complexity index is 736. The number of hydrogen-bond donors (Lipinski definition) is 0. The number of fused-ring (bicyclic) bond motifs is 1. The van der Waals surface area contributed by atoms with Gasteiger partial charge in [0.05, 0.1) is 0 Å². The summed E-state index contributed by atoms with van der Waals surface area (Å²) in [5.41, 5.74) is 2.20. The largest absolute Gasteiger partial charge is 0.488 e. The Morgan fingerprint density at radius 3 is 2.54 bits per heavy atom. The molecule has 0 saturated carbocycles. The van der Waals surface area contributed by atoms with Crippen LogP contribution in [0.2, 0.25) is 0 Å². The molecule has 0 bridgehead atoms. The normalized spacial score (nSPS) is 16.1. The van der Waals surface area contributed by atoms with Crippen LogP contribution in [0.5, 0.6) is 17.2 Å². The van der Waals surface area contributed by atoms with Gasteiger partial charge in [0, 0.05) is 15.9 Å². The summed E-state index contributed by atoms with van der Waals surface area (Å²) in [6.07, 6.45) is 3.47. The van der Waals surface area contributed by atoms with Gasteiger partial charge in [-0.25, -0.2) is 0 Å². The molecule has 0 atom stereocenters. The van der Waals surface area contributed by atoms with Gasteiger partial charge >= 0.3 is 0 Å². The molecule has 0 radical (unpaired) electrons. The van der Waals surface area contributed by atoms with Crippen LogP contribution in [0.3, 0.4) is 0 Å². The first kappa shape index (κ1) is 15.8. The van der Waals surface area contributed by atoms with Crippen molar-refractivity contribution >= 4 is 29.6 Å². The SMILES string of the molecule is C(=C1SCCCS1)c1cc2c(cc1OCc1ccccc1)OCO2. The van der Waals surface area contributed by atoms with E-state index in [0.29, 0.717) is 6.61 Å². The zero-order valence-corrected chi connectivity index (χ0v) is 14.8. The van der Waals surface area contributed by atoms with Gasteiger partial charge in [-0.2, -0.15) is 0 Å². The summed E-state index contributed by atoms with van der Waals surface area (Å²) < 4.78 is 18.5. The Morgan fingerprint density at radius 1 is 1.00 bits per heavy atom. The molecule has 2 aromatic carbocycles. The number of ether oxygens (including phenoxy) is 3. The van der Waals surface area contributed by atoms with Crippen molar-refractivity contribution in [1.29, 1.82) is 0 Å². The van der Waals surface area contributed by atoms with Crippen LogP contribution in [-0.2, 0) is 6.61 Å². The summed E-state index contributed by atoms with van der Waals surface area (Å²) in [5, 5.41) is 0. The summed E-state index contributed by atoms with van der Waals surface area (Å²) >= 11 is 3.82. The molecule has 0 N–H and O–H groups in total. The minimum Gasteiger partial charge on any atom is -0.488 e. The van der Waals surface area contributed by atoms with Gasteiger partial charge in [-0.05, 0) is 35.6 Å². The highest BCUT2D eigenvalue weighted by molar-refractivity contribution is 8.23. The Labute approximate surface area is 150 Å². The Kier molecular flexibility index (Phi) is 4.90. The monoisotopic (exact) mass is 358 g/mol. The number of thioether (sulfide) groups is 2. The van der Waals surface area contributed by atoms with Gasteiger partial charge in [0.1, 0.15) is 12.4 Å². The van der Waals surface area contributed by atoms with E-state index in [4.69, 9.17) is 14.2 Å². The van der Waals surface area contributed by atoms with E-state index in [1.54, 1.807) is 0 Å². The fourth-order valence-corrected chi connectivity index (χ4v) is 4.98. The lowest BCUT2D eigenvalue weighted by Crippen LogP contribution is -1.97. The molecule has 124 valence electrons. The van der Waals surface area contributed by atoms with Crippen molar-refractivity contribution in [3.63, 3.8) is 0 Å². The van der Waals surface area contributed by atoms with E-state index < -0.39 is 0 Å². The summed E-state index contributed by atoms with van der Waals surface area (Å²) in [6, 6.07) is 14.2. The van der Waals surface area contributed by atoms with Gasteiger partial charge in [0.25, 0.3) is 0 Å². The lowest BCUT2D eigenvalue weighted by Gasteiger charge is -2.15. The summed E-state index contributed by atoms with van der Waals surface area (Å²) in [7, 11) is 0. The summed E-state index contributed by atoms with van der Waals surface area (Å²) in [5.74, 6) is 4.75. The van der Waals surface area contributed by atoms with Crippen molar-refractivity contribution in [2.75, 3.05) is 18.3 Å². The molecule has 2 heterocycles. The van der Waals surface area contributed by atoms with E-state index >= 15 is 0 Å². The first-order valence-electron chi connectivity index (χ1n) is 7.96. The minimum atomic E-state index is 0.275. The highest BCUT2D eigenvalue weighted by atomic mass is 32.2. The third-order valence-corrected chi connectivity index (χ3v) is 6.29. The van der Waals surface area contributed by atoms with E-state index in [1.807, 2.05) is 53.9 Å². The zero-order valence-electron chi connectivity index (χ0n) is 13.2. The molecule has 1 fully saturated rings. The third kappa shape index (κ3) is 3.68. The van der Waals surface area contributed by atoms with Gasteiger partial charge < -0.3 is 14.2 Å². The molecule has 24 heavy (non-hydrogen) atoms. The standard InChI is InChI=1S/C19H18O3S2/c1-2-5-14(6-3-1)12-20-16-11-18-17(21-13-22-18)9-15(16)10-19-23-7-4-8-24-19/h1-3,5-6,9-11H,4,7-8,12-13H2. The smallest absolute Gasteiger partial charge is 0.231 e. The number of rotatable bonds is 4. The van der Waals surface area contributed by atoms with Crippen LogP contribution in [0, 0.1) is 0 Å². The van der Waals surface area contributed by atoms with Crippen LogP contribution in [0.1, 0.15) is 17.5 Å². The molecule has 2 aliphatic rings. The molecule has 5 heteroatoms. The number of benzene rings is 2. The molecule has 0 spiro atoms.